The van der Waals surface area contributed by atoms with Gasteiger partial charge in [0.05, 0.1) is 11.3 Å². The lowest BCUT2D eigenvalue weighted by Gasteiger charge is -2.00. The number of H-pyrrole nitrogens is 1. The molecule has 3 heterocycles. The molecule has 0 saturated carbocycles. The predicted octanol–water partition coefficient (Wildman–Crippen LogP) is 2.17. The normalized spacial score (nSPS) is 12.6. The largest absolute Gasteiger partial charge is 0.478 e. The Balaban J connectivity index is 0.000000203. The number of anilines is 1. The average Bonchev–Trinajstić information content (AvgIpc) is 3.17. The van der Waals surface area contributed by atoms with Crippen molar-refractivity contribution in [1.29, 1.82) is 0 Å². The van der Waals surface area contributed by atoms with Crippen molar-refractivity contribution in [2.24, 2.45) is 7.05 Å². The second-order valence-corrected chi connectivity index (χ2v) is 5.75. The molecule has 0 unspecified atom stereocenters. The van der Waals surface area contributed by atoms with Gasteiger partial charge >= 0.3 is 5.97 Å². The highest BCUT2D eigenvalue weighted by Crippen LogP contribution is 2.33. The maximum atomic E-state index is 11.2. The number of nitrogen functional groups attached to an aromatic ring is 1. The molecule has 0 aromatic carbocycles. The van der Waals surface area contributed by atoms with Crippen molar-refractivity contribution in [3.05, 3.63) is 41.0 Å². The Kier molecular flexibility index (Phi) is 4.11. The van der Waals surface area contributed by atoms with Gasteiger partial charge in [0, 0.05) is 36.8 Å². The van der Waals surface area contributed by atoms with Crippen molar-refractivity contribution in [3.63, 3.8) is 0 Å². The first-order valence-electron chi connectivity index (χ1n) is 7.61. The fourth-order valence-electron chi connectivity index (χ4n) is 2.87. The van der Waals surface area contributed by atoms with E-state index in [9.17, 15) is 9.90 Å². The van der Waals surface area contributed by atoms with E-state index < -0.39 is 5.97 Å². The highest BCUT2D eigenvalue weighted by Gasteiger charge is 2.24. The number of aromatic nitrogens is 4. The summed E-state index contributed by atoms with van der Waals surface area (Å²) in [4.78, 5) is 14.3. The topological polar surface area (TPSA) is 123 Å². The fraction of sp³-hybridized carbons (Fsp3) is 0.312. The zero-order valence-electron chi connectivity index (χ0n) is 13.5. The van der Waals surface area contributed by atoms with Gasteiger partial charge in [-0.05, 0) is 31.7 Å². The van der Waals surface area contributed by atoms with Gasteiger partial charge in [-0.1, -0.05) is 5.16 Å². The van der Waals surface area contributed by atoms with Crippen molar-refractivity contribution in [2.75, 3.05) is 5.73 Å². The van der Waals surface area contributed by atoms with Gasteiger partial charge in [0.1, 0.15) is 5.76 Å². The number of fused-ring (bicyclic) bond motifs is 3. The number of aryl methyl sites for hydroxylation is 4. The van der Waals surface area contributed by atoms with E-state index in [0.29, 0.717) is 11.4 Å². The minimum atomic E-state index is -0.902. The van der Waals surface area contributed by atoms with Gasteiger partial charge in [-0.15, -0.1) is 0 Å². The van der Waals surface area contributed by atoms with Crippen LogP contribution in [0.1, 0.15) is 33.8 Å². The van der Waals surface area contributed by atoms with Gasteiger partial charge in [0.25, 0.3) is 0 Å². The third kappa shape index (κ3) is 3.03. The molecule has 0 spiro atoms. The molecule has 0 radical (unpaired) electrons. The maximum Gasteiger partial charge on any atom is 0.337 e. The van der Waals surface area contributed by atoms with Crippen LogP contribution in [0.3, 0.4) is 0 Å². The zero-order valence-corrected chi connectivity index (χ0v) is 13.5. The molecule has 0 fully saturated rings. The van der Waals surface area contributed by atoms with Gasteiger partial charge in [-0.2, -0.15) is 5.10 Å². The van der Waals surface area contributed by atoms with Crippen molar-refractivity contribution in [3.8, 4) is 11.3 Å². The van der Waals surface area contributed by atoms with Gasteiger partial charge in [-0.25, -0.2) is 4.79 Å². The molecule has 3 aromatic heterocycles. The van der Waals surface area contributed by atoms with Crippen molar-refractivity contribution in [2.45, 2.75) is 26.2 Å². The summed E-state index contributed by atoms with van der Waals surface area (Å²) < 4.78 is 6.34. The summed E-state index contributed by atoms with van der Waals surface area (Å²) in [5, 5.41) is 17.0. The molecule has 24 heavy (non-hydrogen) atoms. The molecule has 0 saturated heterocycles. The first kappa shape index (κ1) is 15.9. The first-order valence-corrected chi connectivity index (χ1v) is 7.61. The standard InChI is InChI=1S/C12H13N3O2.C4H6N2O/c1-15-6-7-3-2-4-9-10(11(7)14-15)8(5-13-9)12(16)17;1-3-2-4(5)6-7-3/h5-6,13H,2-4H2,1H3,(H,16,17);2H,1H3,(H2,5,6). The number of carbonyl (C=O) groups is 1. The lowest BCUT2D eigenvalue weighted by Crippen LogP contribution is -1.98. The molecule has 3 aromatic rings. The van der Waals surface area contributed by atoms with E-state index in [2.05, 4.69) is 19.8 Å². The highest BCUT2D eigenvalue weighted by molar-refractivity contribution is 5.96. The second kappa shape index (κ2) is 6.23. The Bertz CT molecular complexity index is 858. The molecule has 0 bridgehead atoms. The van der Waals surface area contributed by atoms with Gasteiger partial charge in [-0.3, -0.25) is 4.68 Å². The Labute approximate surface area is 138 Å². The molecule has 1 aliphatic carbocycles. The molecule has 8 heteroatoms. The van der Waals surface area contributed by atoms with Crippen LogP contribution in [0.25, 0.3) is 11.3 Å². The molecule has 0 atom stereocenters. The summed E-state index contributed by atoms with van der Waals surface area (Å²) in [6.07, 6.45) is 6.39. The molecular weight excluding hydrogens is 310 g/mol. The minimum absolute atomic E-state index is 0.321. The number of aromatic carboxylic acids is 1. The highest BCUT2D eigenvalue weighted by atomic mass is 16.5. The number of carboxylic acids is 1. The molecule has 1 aliphatic rings. The molecule has 4 rings (SSSR count). The Morgan fingerprint density at radius 2 is 2.25 bits per heavy atom. The summed E-state index contributed by atoms with van der Waals surface area (Å²) >= 11 is 0. The second-order valence-electron chi connectivity index (χ2n) is 5.75. The van der Waals surface area contributed by atoms with Gasteiger partial charge in [0.15, 0.2) is 5.82 Å². The number of hydrogen-bond donors (Lipinski definition) is 3. The molecule has 126 valence electrons. The third-order valence-electron chi connectivity index (χ3n) is 3.85. The number of aromatic amines is 1. The Morgan fingerprint density at radius 3 is 2.83 bits per heavy atom. The van der Waals surface area contributed by atoms with E-state index in [1.165, 1.54) is 0 Å². The maximum absolute atomic E-state index is 11.2. The summed E-state index contributed by atoms with van der Waals surface area (Å²) in [5.74, 6) is 0.288. The summed E-state index contributed by atoms with van der Waals surface area (Å²) in [5.41, 5.74) is 9.20. The quantitative estimate of drug-likeness (QED) is 0.628. The van der Waals surface area contributed by atoms with E-state index >= 15 is 0 Å². The van der Waals surface area contributed by atoms with E-state index in [-0.39, 0.29) is 0 Å². The van der Waals surface area contributed by atoms with Crippen LogP contribution in [0.5, 0.6) is 0 Å². The van der Waals surface area contributed by atoms with E-state index in [0.717, 1.165) is 47.5 Å². The Morgan fingerprint density at radius 1 is 1.46 bits per heavy atom. The lowest BCUT2D eigenvalue weighted by molar-refractivity contribution is 0.0698. The third-order valence-corrected chi connectivity index (χ3v) is 3.85. The van der Waals surface area contributed by atoms with Crippen LogP contribution >= 0.6 is 0 Å². The predicted molar refractivity (Wildman–Crippen MR) is 87.6 cm³/mol. The Hall–Kier alpha value is -3.03. The molecule has 4 N–H and O–H groups in total. The van der Waals surface area contributed by atoms with E-state index in [1.807, 2.05) is 13.2 Å². The molecule has 0 amide bonds. The monoisotopic (exact) mass is 329 g/mol. The van der Waals surface area contributed by atoms with E-state index in [1.54, 1.807) is 23.9 Å². The molecular formula is C16H19N5O3. The van der Waals surface area contributed by atoms with E-state index in [4.69, 9.17) is 5.73 Å². The lowest BCUT2D eigenvalue weighted by atomic mass is 10.1. The average molecular weight is 329 g/mol. The van der Waals surface area contributed by atoms with Crippen molar-refractivity contribution < 1.29 is 14.4 Å². The minimum Gasteiger partial charge on any atom is -0.478 e. The number of nitrogens with one attached hydrogen (secondary N) is 1. The number of carboxylic acid groups (broad SMARTS) is 1. The first-order chi connectivity index (χ1) is 11.5. The SMILES string of the molecule is Cc1cc(N)no1.Cn1cc2c(n1)-c1c(C(=O)O)c[nH]c1CCC2. The van der Waals surface area contributed by atoms with Crippen LogP contribution in [0.2, 0.25) is 0 Å². The fourth-order valence-corrected chi connectivity index (χ4v) is 2.87. The van der Waals surface area contributed by atoms with Crippen LogP contribution in [0, 0.1) is 6.92 Å². The van der Waals surface area contributed by atoms with Gasteiger partial charge < -0.3 is 20.3 Å². The van der Waals surface area contributed by atoms with Crippen LogP contribution in [0.4, 0.5) is 5.82 Å². The van der Waals surface area contributed by atoms with Crippen molar-refractivity contribution in [1.82, 2.24) is 19.9 Å². The number of nitrogens with two attached hydrogens (primary N) is 1. The van der Waals surface area contributed by atoms with Gasteiger partial charge in [0.2, 0.25) is 0 Å². The zero-order chi connectivity index (χ0) is 17.3. The van der Waals surface area contributed by atoms with Crippen LogP contribution in [-0.2, 0) is 19.9 Å². The molecule has 0 aliphatic heterocycles. The van der Waals surface area contributed by atoms with Crippen molar-refractivity contribution >= 4 is 11.8 Å². The van der Waals surface area contributed by atoms with Crippen LogP contribution in [-0.4, -0.2) is 31.0 Å². The summed E-state index contributed by atoms with van der Waals surface area (Å²) in [7, 11) is 1.86. The van der Waals surface area contributed by atoms with Crippen LogP contribution < -0.4 is 5.73 Å². The number of hydrogen-bond acceptors (Lipinski definition) is 5. The number of nitrogens with zero attached hydrogens (tertiary/aromatic N) is 3. The summed E-state index contributed by atoms with van der Waals surface area (Å²) in [6.45, 7) is 1.80. The smallest absolute Gasteiger partial charge is 0.337 e. The molecule has 8 nitrogen and oxygen atoms in total. The summed E-state index contributed by atoms with van der Waals surface area (Å²) in [6, 6.07) is 1.67. The van der Waals surface area contributed by atoms with Crippen LogP contribution in [0.15, 0.2) is 23.0 Å². The number of rotatable bonds is 1.